The van der Waals surface area contributed by atoms with E-state index in [2.05, 4.69) is 0 Å². The van der Waals surface area contributed by atoms with E-state index in [9.17, 15) is 8.78 Å². The Bertz CT molecular complexity index is 308. The first-order chi connectivity index (χ1) is 6.29. The van der Waals surface area contributed by atoms with Gasteiger partial charge in [0.2, 0.25) is 0 Å². The van der Waals surface area contributed by atoms with Crippen LogP contribution >= 0.6 is 0 Å². The van der Waals surface area contributed by atoms with Crippen LogP contribution in [-0.2, 0) is 6.67 Å². The van der Waals surface area contributed by atoms with Crippen LogP contribution in [0.1, 0.15) is 11.1 Å². The second-order valence-corrected chi connectivity index (χ2v) is 2.58. The van der Waals surface area contributed by atoms with Crippen molar-refractivity contribution in [2.24, 2.45) is 5.73 Å². The highest BCUT2D eigenvalue weighted by Gasteiger charge is 2.04. The van der Waals surface area contributed by atoms with Crippen LogP contribution < -0.4 is 5.73 Å². The summed E-state index contributed by atoms with van der Waals surface area (Å²) in [6, 6.07) is 4.45. The van der Waals surface area contributed by atoms with Crippen LogP contribution in [-0.4, -0.2) is 6.54 Å². The third-order valence-electron chi connectivity index (χ3n) is 1.72. The molecule has 0 aliphatic carbocycles. The maximum Gasteiger partial charge on any atom is 0.129 e. The molecule has 0 fully saturated rings. The topological polar surface area (TPSA) is 26.0 Å². The fraction of sp³-hybridized carbons (Fsp3) is 0.200. The Hall–Kier alpha value is -1.22. The van der Waals surface area contributed by atoms with Crippen molar-refractivity contribution in [1.29, 1.82) is 0 Å². The molecule has 1 rings (SSSR count). The van der Waals surface area contributed by atoms with E-state index in [1.165, 1.54) is 6.07 Å². The first kappa shape index (κ1) is 9.86. The molecule has 3 heteroatoms. The zero-order valence-electron chi connectivity index (χ0n) is 7.13. The van der Waals surface area contributed by atoms with Crippen LogP contribution in [0.5, 0.6) is 0 Å². The number of hydrogen-bond donors (Lipinski definition) is 1. The Balaban J connectivity index is 3.05. The van der Waals surface area contributed by atoms with E-state index in [1.54, 1.807) is 24.3 Å². The predicted octanol–water partition coefficient (Wildman–Crippen LogP) is 2.27. The van der Waals surface area contributed by atoms with Crippen molar-refractivity contribution < 1.29 is 8.78 Å². The zero-order chi connectivity index (χ0) is 9.68. The number of hydrogen-bond acceptors (Lipinski definition) is 1. The highest BCUT2D eigenvalue weighted by Crippen LogP contribution is 2.16. The predicted molar refractivity (Wildman–Crippen MR) is 49.3 cm³/mol. The van der Waals surface area contributed by atoms with Gasteiger partial charge in [0.25, 0.3) is 0 Å². The van der Waals surface area contributed by atoms with Gasteiger partial charge in [-0.25, -0.2) is 8.78 Å². The molecule has 0 aromatic heterocycles. The monoisotopic (exact) mass is 183 g/mol. The molecule has 1 aromatic rings. The lowest BCUT2D eigenvalue weighted by Gasteiger charge is -2.02. The summed E-state index contributed by atoms with van der Waals surface area (Å²) >= 11 is 0. The van der Waals surface area contributed by atoms with Crippen LogP contribution in [0.15, 0.2) is 24.3 Å². The molecule has 1 aromatic carbocycles. The van der Waals surface area contributed by atoms with Crippen LogP contribution in [0.3, 0.4) is 0 Å². The molecule has 1 nitrogen and oxygen atoms in total. The molecule has 0 unspecified atom stereocenters. The van der Waals surface area contributed by atoms with E-state index in [4.69, 9.17) is 5.73 Å². The molecule has 0 atom stereocenters. The largest absolute Gasteiger partial charge is 0.327 e. The molecule has 2 N–H and O–H groups in total. The average Bonchev–Trinajstić information content (AvgIpc) is 2.15. The van der Waals surface area contributed by atoms with Gasteiger partial charge in [0.15, 0.2) is 0 Å². The summed E-state index contributed by atoms with van der Waals surface area (Å²) in [5.74, 6) is -0.512. The van der Waals surface area contributed by atoms with E-state index >= 15 is 0 Å². The van der Waals surface area contributed by atoms with Crippen molar-refractivity contribution in [2.75, 3.05) is 6.54 Å². The van der Waals surface area contributed by atoms with Gasteiger partial charge in [-0.15, -0.1) is 0 Å². The van der Waals surface area contributed by atoms with Crippen LogP contribution in [0.25, 0.3) is 6.08 Å². The molecule has 0 aliphatic heterocycles. The summed E-state index contributed by atoms with van der Waals surface area (Å²) in [5, 5.41) is 0. The van der Waals surface area contributed by atoms with Gasteiger partial charge < -0.3 is 5.73 Å². The first-order valence-corrected chi connectivity index (χ1v) is 3.99. The van der Waals surface area contributed by atoms with Gasteiger partial charge in [-0.3, -0.25) is 0 Å². The molecular formula is C10H11F2N. The summed E-state index contributed by atoms with van der Waals surface area (Å²) in [4.78, 5) is 0. The smallest absolute Gasteiger partial charge is 0.129 e. The zero-order valence-corrected chi connectivity index (χ0v) is 7.13. The lowest BCUT2D eigenvalue weighted by Crippen LogP contribution is -1.94. The summed E-state index contributed by atoms with van der Waals surface area (Å²) in [6.07, 6.45) is 3.28. The number of alkyl halides is 1. The molecule has 0 saturated carbocycles. The number of halogens is 2. The van der Waals surface area contributed by atoms with Gasteiger partial charge in [-0.2, -0.15) is 0 Å². The van der Waals surface area contributed by atoms with E-state index in [0.717, 1.165) is 0 Å². The molecule has 0 heterocycles. The summed E-state index contributed by atoms with van der Waals surface area (Å²) in [7, 11) is 0. The molecule has 0 radical (unpaired) electrons. The third kappa shape index (κ3) is 2.36. The maximum atomic E-state index is 13.0. The molecule has 0 amide bonds. The highest BCUT2D eigenvalue weighted by molar-refractivity contribution is 5.54. The molecule has 13 heavy (non-hydrogen) atoms. The van der Waals surface area contributed by atoms with Gasteiger partial charge in [0, 0.05) is 12.1 Å². The van der Waals surface area contributed by atoms with E-state index < -0.39 is 12.5 Å². The van der Waals surface area contributed by atoms with Crippen molar-refractivity contribution in [3.05, 3.63) is 41.2 Å². The second-order valence-electron chi connectivity index (χ2n) is 2.58. The second kappa shape index (κ2) is 4.72. The standard InChI is InChI=1S/C10H11F2N/c11-7-9-8(4-2-6-13)3-1-5-10(9)12/h1-5H,6-7,13H2/b4-2+. The lowest BCUT2D eigenvalue weighted by molar-refractivity contribution is 0.463. The fourth-order valence-electron chi connectivity index (χ4n) is 1.07. The van der Waals surface area contributed by atoms with E-state index in [1.807, 2.05) is 0 Å². The van der Waals surface area contributed by atoms with E-state index in [0.29, 0.717) is 12.1 Å². The lowest BCUT2D eigenvalue weighted by atomic mass is 10.1. The molecule has 0 aliphatic rings. The van der Waals surface area contributed by atoms with Crippen LogP contribution in [0.2, 0.25) is 0 Å². The van der Waals surface area contributed by atoms with Gasteiger partial charge in [0.1, 0.15) is 12.5 Å². The highest BCUT2D eigenvalue weighted by atomic mass is 19.1. The van der Waals surface area contributed by atoms with Crippen molar-refractivity contribution in [3.63, 3.8) is 0 Å². The normalized spacial score (nSPS) is 11.0. The van der Waals surface area contributed by atoms with Gasteiger partial charge in [0.05, 0.1) is 0 Å². The Labute approximate surface area is 75.9 Å². The minimum absolute atomic E-state index is 0.0900. The SMILES string of the molecule is NC/C=C/c1cccc(F)c1CF. The van der Waals surface area contributed by atoms with Crippen LogP contribution in [0, 0.1) is 5.82 Å². The first-order valence-electron chi connectivity index (χ1n) is 3.99. The third-order valence-corrected chi connectivity index (χ3v) is 1.72. The van der Waals surface area contributed by atoms with Crippen molar-refractivity contribution >= 4 is 6.08 Å². The Kier molecular flexibility index (Phi) is 3.58. The molecule has 70 valence electrons. The summed E-state index contributed by atoms with van der Waals surface area (Å²) < 4.78 is 25.3. The number of benzene rings is 1. The average molecular weight is 183 g/mol. The van der Waals surface area contributed by atoms with Gasteiger partial charge >= 0.3 is 0 Å². The summed E-state index contributed by atoms with van der Waals surface area (Å²) in [5.41, 5.74) is 5.87. The molecule has 0 saturated heterocycles. The van der Waals surface area contributed by atoms with E-state index in [-0.39, 0.29) is 5.56 Å². The Morgan fingerprint density at radius 2 is 2.15 bits per heavy atom. The van der Waals surface area contributed by atoms with Gasteiger partial charge in [-0.05, 0) is 11.6 Å². The van der Waals surface area contributed by atoms with Crippen molar-refractivity contribution in [2.45, 2.75) is 6.67 Å². The van der Waals surface area contributed by atoms with Crippen molar-refractivity contribution in [3.8, 4) is 0 Å². The Morgan fingerprint density at radius 1 is 1.38 bits per heavy atom. The minimum Gasteiger partial charge on any atom is -0.327 e. The molecule has 0 bridgehead atoms. The fourth-order valence-corrected chi connectivity index (χ4v) is 1.07. The maximum absolute atomic E-state index is 13.0. The number of nitrogens with two attached hydrogens (primary N) is 1. The summed E-state index contributed by atoms with van der Waals surface area (Å²) in [6.45, 7) is -0.431. The molecular weight excluding hydrogens is 172 g/mol. The van der Waals surface area contributed by atoms with Gasteiger partial charge in [-0.1, -0.05) is 24.3 Å². The quantitative estimate of drug-likeness (QED) is 0.764. The number of rotatable bonds is 3. The molecule has 0 spiro atoms. The van der Waals surface area contributed by atoms with Crippen LogP contribution in [0.4, 0.5) is 8.78 Å². The Morgan fingerprint density at radius 3 is 2.77 bits per heavy atom. The minimum atomic E-state index is -0.795. The van der Waals surface area contributed by atoms with Crippen molar-refractivity contribution in [1.82, 2.24) is 0 Å².